The van der Waals surface area contributed by atoms with Crippen LogP contribution >= 0.6 is 0 Å². The van der Waals surface area contributed by atoms with Crippen LogP contribution in [0, 0.1) is 17.2 Å². The van der Waals surface area contributed by atoms with Crippen molar-refractivity contribution in [3.8, 4) is 6.07 Å². The van der Waals surface area contributed by atoms with E-state index >= 15 is 0 Å². The maximum Gasteiger partial charge on any atom is 0.0998 e. The van der Waals surface area contributed by atoms with E-state index in [0.717, 1.165) is 35.6 Å². The van der Waals surface area contributed by atoms with Gasteiger partial charge in [-0.3, -0.25) is 0 Å². The van der Waals surface area contributed by atoms with Crippen LogP contribution in [-0.2, 0) is 5.60 Å². The van der Waals surface area contributed by atoms with Crippen LogP contribution in [0.4, 0.5) is 0 Å². The Balaban J connectivity index is 2.29. The molecule has 0 spiro atoms. The molecule has 0 heterocycles. The largest absolute Gasteiger partial charge is 0.385 e. The van der Waals surface area contributed by atoms with Crippen LogP contribution < -0.4 is 0 Å². The van der Waals surface area contributed by atoms with E-state index in [2.05, 4.69) is 13.0 Å². The second kappa shape index (κ2) is 4.36. The lowest BCUT2D eigenvalue weighted by atomic mass is 9.81. The summed E-state index contributed by atoms with van der Waals surface area (Å²) in [5.74, 6) is 0.267. The molecular formula is C17H17NO. The molecule has 1 fully saturated rings. The van der Waals surface area contributed by atoms with E-state index in [4.69, 9.17) is 0 Å². The summed E-state index contributed by atoms with van der Waals surface area (Å²) in [6, 6.07) is 13.9. The molecule has 0 aromatic heterocycles. The molecule has 0 saturated heterocycles. The van der Waals surface area contributed by atoms with Gasteiger partial charge in [0.2, 0.25) is 0 Å². The van der Waals surface area contributed by atoms with Crippen molar-refractivity contribution >= 4 is 10.8 Å². The standard InChI is InChI=1S/C17H17NO/c1-12-5-4-10-17(12,19)16-9-8-13(11-18)14-6-2-3-7-15(14)16/h2-3,6-9,12,19H,4-5,10H2,1H3. The summed E-state index contributed by atoms with van der Waals surface area (Å²) in [5, 5.41) is 22.2. The molecule has 0 radical (unpaired) electrons. The predicted octanol–water partition coefficient (Wildman–Crippen LogP) is 3.72. The first-order valence-corrected chi connectivity index (χ1v) is 6.81. The zero-order valence-electron chi connectivity index (χ0n) is 11.1. The first-order valence-electron chi connectivity index (χ1n) is 6.81. The van der Waals surface area contributed by atoms with E-state index in [1.165, 1.54) is 0 Å². The van der Waals surface area contributed by atoms with Crippen LogP contribution in [0.25, 0.3) is 10.8 Å². The molecule has 1 aliphatic carbocycles. The van der Waals surface area contributed by atoms with Crippen LogP contribution in [0.5, 0.6) is 0 Å². The molecule has 0 aliphatic heterocycles. The summed E-state index contributed by atoms with van der Waals surface area (Å²) in [6.07, 6.45) is 2.93. The molecule has 96 valence electrons. The molecule has 0 amide bonds. The minimum absolute atomic E-state index is 0.267. The number of hydrogen-bond donors (Lipinski definition) is 1. The number of nitrogens with zero attached hydrogens (tertiary/aromatic N) is 1. The molecule has 2 nitrogen and oxygen atoms in total. The second-order valence-corrected chi connectivity index (χ2v) is 5.54. The molecule has 1 aliphatic rings. The lowest BCUT2D eigenvalue weighted by Crippen LogP contribution is -2.28. The average molecular weight is 251 g/mol. The highest BCUT2D eigenvalue weighted by Crippen LogP contribution is 2.45. The quantitative estimate of drug-likeness (QED) is 0.839. The highest BCUT2D eigenvalue weighted by atomic mass is 16.3. The predicted molar refractivity (Wildman–Crippen MR) is 75.6 cm³/mol. The topological polar surface area (TPSA) is 44.0 Å². The van der Waals surface area contributed by atoms with Gasteiger partial charge in [-0.25, -0.2) is 0 Å². The second-order valence-electron chi connectivity index (χ2n) is 5.54. The molecular weight excluding hydrogens is 234 g/mol. The normalized spacial score (nSPS) is 26.5. The first kappa shape index (κ1) is 12.2. The highest BCUT2D eigenvalue weighted by Gasteiger charge is 2.40. The summed E-state index contributed by atoms with van der Waals surface area (Å²) in [7, 11) is 0. The third-order valence-corrected chi connectivity index (χ3v) is 4.52. The molecule has 2 aromatic carbocycles. The van der Waals surface area contributed by atoms with Crippen molar-refractivity contribution in [2.75, 3.05) is 0 Å². The van der Waals surface area contributed by atoms with Gasteiger partial charge in [-0.1, -0.05) is 37.3 Å². The van der Waals surface area contributed by atoms with E-state index in [1.54, 1.807) is 0 Å². The molecule has 1 saturated carbocycles. The zero-order valence-corrected chi connectivity index (χ0v) is 11.1. The smallest absolute Gasteiger partial charge is 0.0998 e. The molecule has 0 bridgehead atoms. The summed E-state index contributed by atoms with van der Waals surface area (Å²) < 4.78 is 0. The van der Waals surface area contributed by atoms with Crippen molar-refractivity contribution in [3.05, 3.63) is 47.5 Å². The average Bonchev–Trinajstić information content (AvgIpc) is 2.78. The summed E-state index contributed by atoms with van der Waals surface area (Å²) >= 11 is 0. The van der Waals surface area contributed by atoms with E-state index in [0.29, 0.717) is 5.56 Å². The third-order valence-electron chi connectivity index (χ3n) is 4.52. The van der Waals surface area contributed by atoms with Crippen molar-refractivity contribution in [3.63, 3.8) is 0 Å². The zero-order chi connectivity index (χ0) is 13.5. The van der Waals surface area contributed by atoms with E-state index in [-0.39, 0.29) is 5.92 Å². The maximum atomic E-state index is 11.0. The lowest BCUT2D eigenvalue weighted by Gasteiger charge is -2.29. The van der Waals surface area contributed by atoms with Crippen LogP contribution in [0.15, 0.2) is 36.4 Å². The van der Waals surface area contributed by atoms with Gasteiger partial charge < -0.3 is 5.11 Å². The molecule has 3 rings (SSSR count). The Morgan fingerprint density at radius 1 is 1.21 bits per heavy atom. The number of fused-ring (bicyclic) bond motifs is 1. The van der Waals surface area contributed by atoms with Crippen molar-refractivity contribution in [2.24, 2.45) is 5.92 Å². The number of rotatable bonds is 1. The minimum Gasteiger partial charge on any atom is -0.385 e. The molecule has 2 unspecified atom stereocenters. The van der Waals surface area contributed by atoms with Crippen molar-refractivity contribution < 1.29 is 5.11 Å². The fourth-order valence-corrected chi connectivity index (χ4v) is 3.34. The van der Waals surface area contributed by atoms with Gasteiger partial charge in [-0.15, -0.1) is 0 Å². The third kappa shape index (κ3) is 1.74. The Kier molecular flexibility index (Phi) is 2.80. The van der Waals surface area contributed by atoms with Crippen molar-refractivity contribution in [2.45, 2.75) is 31.8 Å². The number of benzene rings is 2. The van der Waals surface area contributed by atoms with E-state index < -0.39 is 5.60 Å². The van der Waals surface area contributed by atoms with Gasteiger partial charge in [0.1, 0.15) is 0 Å². The SMILES string of the molecule is CC1CCCC1(O)c1ccc(C#N)c2ccccc12. The fraction of sp³-hybridized carbons (Fsp3) is 0.353. The summed E-state index contributed by atoms with van der Waals surface area (Å²) in [6.45, 7) is 2.11. The number of hydrogen-bond acceptors (Lipinski definition) is 2. The number of nitriles is 1. The molecule has 19 heavy (non-hydrogen) atoms. The van der Waals surface area contributed by atoms with Crippen molar-refractivity contribution in [1.29, 1.82) is 5.26 Å². The van der Waals surface area contributed by atoms with E-state index in [9.17, 15) is 10.4 Å². The van der Waals surface area contributed by atoms with Gasteiger partial charge in [0.05, 0.1) is 17.2 Å². The maximum absolute atomic E-state index is 11.0. The minimum atomic E-state index is -0.742. The van der Waals surface area contributed by atoms with Gasteiger partial charge in [0, 0.05) is 0 Å². The Morgan fingerprint density at radius 3 is 2.58 bits per heavy atom. The monoisotopic (exact) mass is 251 g/mol. The fourth-order valence-electron chi connectivity index (χ4n) is 3.34. The van der Waals surface area contributed by atoms with Crippen LogP contribution in [0.2, 0.25) is 0 Å². The summed E-state index contributed by atoms with van der Waals surface area (Å²) in [5.41, 5.74) is 0.911. The summed E-state index contributed by atoms with van der Waals surface area (Å²) in [4.78, 5) is 0. The van der Waals surface area contributed by atoms with Gasteiger partial charge >= 0.3 is 0 Å². The molecule has 2 heteroatoms. The van der Waals surface area contributed by atoms with Gasteiger partial charge in [0.25, 0.3) is 0 Å². The first-order chi connectivity index (χ1) is 9.16. The highest BCUT2D eigenvalue weighted by molar-refractivity contribution is 5.91. The van der Waals surface area contributed by atoms with E-state index in [1.807, 2.05) is 36.4 Å². The van der Waals surface area contributed by atoms with Crippen molar-refractivity contribution in [1.82, 2.24) is 0 Å². The Hall–Kier alpha value is -1.85. The molecule has 2 atom stereocenters. The Morgan fingerprint density at radius 2 is 1.95 bits per heavy atom. The number of aliphatic hydroxyl groups is 1. The Labute approximate surface area is 113 Å². The van der Waals surface area contributed by atoms with Crippen LogP contribution in [0.3, 0.4) is 0 Å². The molecule has 2 aromatic rings. The Bertz CT molecular complexity index is 671. The molecule has 1 N–H and O–H groups in total. The van der Waals surface area contributed by atoms with Gasteiger partial charge in [0.15, 0.2) is 0 Å². The van der Waals surface area contributed by atoms with Crippen LogP contribution in [-0.4, -0.2) is 5.11 Å². The lowest BCUT2D eigenvalue weighted by molar-refractivity contribution is 0.00593. The van der Waals surface area contributed by atoms with Crippen LogP contribution in [0.1, 0.15) is 37.3 Å². The van der Waals surface area contributed by atoms with Gasteiger partial charge in [-0.2, -0.15) is 5.26 Å². The van der Waals surface area contributed by atoms with Gasteiger partial charge in [-0.05, 0) is 47.6 Å².